The predicted molar refractivity (Wildman–Crippen MR) is 208 cm³/mol. The number of hydrogen-bond donors (Lipinski definition) is 2. The molecule has 0 bridgehead atoms. The monoisotopic (exact) mass is 680 g/mol. The fourth-order valence-electron chi connectivity index (χ4n) is 8.31. The standard InChI is InChI=1S/2C23H32O2/c2*1-16-7-8-18-14-20-17(2)13-19(24)15-21(20)25-23(18,5)11-6-10-22(3,4)12-9-16/h2*6,9-10,13,15,18,24H,7-8,11-12,14H2,1-5H3/b2*10-6+,16-9+/t2*18-,23+/m00/s1. The van der Waals surface area contributed by atoms with E-state index in [4.69, 9.17) is 9.47 Å². The van der Waals surface area contributed by atoms with E-state index in [2.05, 4.69) is 106 Å². The van der Waals surface area contributed by atoms with Crippen molar-refractivity contribution < 1.29 is 19.7 Å². The molecule has 0 amide bonds. The molecule has 2 heterocycles. The van der Waals surface area contributed by atoms with Crippen LogP contribution in [0, 0.1) is 36.5 Å². The van der Waals surface area contributed by atoms with Gasteiger partial charge in [0.15, 0.2) is 0 Å². The Hall–Kier alpha value is -3.40. The third-order valence-corrected chi connectivity index (χ3v) is 12.1. The minimum atomic E-state index is -0.218. The lowest BCUT2D eigenvalue weighted by atomic mass is 9.75. The largest absolute Gasteiger partial charge is 0.508 e. The zero-order chi connectivity index (χ0) is 36.5. The molecule has 0 saturated heterocycles. The topological polar surface area (TPSA) is 58.9 Å². The van der Waals surface area contributed by atoms with Gasteiger partial charge in [-0.1, -0.05) is 75.3 Å². The molecule has 0 radical (unpaired) electrons. The van der Waals surface area contributed by atoms with Crippen LogP contribution < -0.4 is 9.47 Å². The van der Waals surface area contributed by atoms with E-state index in [-0.39, 0.29) is 22.0 Å². The van der Waals surface area contributed by atoms with Crippen LogP contribution in [0.1, 0.15) is 129 Å². The van der Waals surface area contributed by atoms with Gasteiger partial charge in [0.2, 0.25) is 0 Å². The van der Waals surface area contributed by atoms with E-state index < -0.39 is 0 Å². The average Bonchev–Trinajstić information content (AvgIpc) is 3.03. The number of phenols is 2. The fourth-order valence-corrected chi connectivity index (χ4v) is 8.31. The van der Waals surface area contributed by atoms with E-state index in [0.717, 1.165) is 86.8 Å². The first-order valence-electron chi connectivity index (χ1n) is 19.1. The molecule has 50 heavy (non-hydrogen) atoms. The highest BCUT2D eigenvalue weighted by molar-refractivity contribution is 5.49. The smallest absolute Gasteiger partial charge is 0.127 e. The Balaban J connectivity index is 0.000000194. The van der Waals surface area contributed by atoms with Gasteiger partial charge in [-0.2, -0.15) is 0 Å². The second-order valence-electron chi connectivity index (χ2n) is 17.9. The lowest BCUT2D eigenvalue weighted by Gasteiger charge is -2.43. The number of rotatable bonds is 0. The van der Waals surface area contributed by atoms with E-state index in [1.54, 1.807) is 12.1 Å². The summed E-state index contributed by atoms with van der Waals surface area (Å²) in [5.41, 5.74) is 7.69. The predicted octanol–water partition coefficient (Wildman–Crippen LogP) is 12.2. The second kappa shape index (κ2) is 14.7. The summed E-state index contributed by atoms with van der Waals surface area (Å²) in [5.74, 6) is 3.29. The Morgan fingerprint density at radius 3 is 1.32 bits per heavy atom. The molecule has 0 fully saturated rings. The fraction of sp³-hybridized carbons (Fsp3) is 0.565. The molecule has 0 spiro atoms. The molecule has 2 aromatic carbocycles. The summed E-state index contributed by atoms with van der Waals surface area (Å²) >= 11 is 0. The van der Waals surface area contributed by atoms with Crippen LogP contribution in [0.25, 0.3) is 0 Å². The molecular formula is C46H64O4. The molecule has 4 nitrogen and oxygen atoms in total. The first-order chi connectivity index (χ1) is 23.4. The van der Waals surface area contributed by atoms with Crippen molar-refractivity contribution in [1.82, 2.24) is 0 Å². The molecule has 2 aliphatic heterocycles. The molecule has 0 aromatic heterocycles. The summed E-state index contributed by atoms with van der Waals surface area (Å²) in [6, 6.07) is 7.27. The molecule has 0 unspecified atom stereocenters. The van der Waals surface area contributed by atoms with Gasteiger partial charge in [0.05, 0.1) is 0 Å². The van der Waals surface area contributed by atoms with Crippen molar-refractivity contribution in [1.29, 1.82) is 0 Å². The normalized spacial score (nSPS) is 32.2. The molecule has 0 saturated carbocycles. The third kappa shape index (κ3) is 9.09. The number of allylic oxidation sites excluding steroid dienone is 6. The minimum Gasteiger partial charge on any atom is -0.508 e. The minimum absolute atomic E-state index is 0.179. The summed E-state index contributed by atoms with van der Waals surface area (Å²) in [7, 11) is 0. The molecule has 272 valence electrons. The number of hydrogen-bond acceptors (Lipinski definition) is 4. The van der Waals surface area contributed by atoms with Crippen LogP contribution in [0.15, 0.2) is 71.9 Å². The molecule has 2 aromatic rings. The van der Waals surface area contributed by atoms with E-state index in [0.29, 0.717) is 23.3 Å². The summed E-state index contributed by atoms with van der Waals surface area (Å²) in [5, 5.41) is 19.9. The Labute approximate surface area is 303 Å². The summed E-state index contributed by atoms with van der Waals surface area (Å²) in [6.45, 7) is 22.3. The van der Waals surface area contributed by atoms with Crippen LogP contribution in [-0.4, -0.2) is 21.4 Å². The number of phenolic OH excluding ortho intramolecular Hbond substituents is 2. The Bertz CT molecular complexity index is 1550. The van der Waals surface area contributed by atoms with Gasteiger partial charge in [-0.25, -0.2) is 0 Å². The highest BCUT2D eigenvalue weighted by atomic mass is 16.5. The lowest BCUT2D eigenvalue weighted by molar-refractivity contribution is 0.00750. The van der Waals surface area contributed by atoms with E-state index in [1.165, 1.54) is 22.3 Å². The molecule has 4 atom stereocenters. The lowest BCUT2D eigenvalue weighted by Crippen LogP contribution is -2.45. The van der Waals surface area contributed by atoms with E-state index in [1.807, 2.05) is 12.1 Å². The summed E-state index contributed by atoms with van der Waals surface area (Å²) < 4.78 is 13.1. The van der Waals surface area contributed by atoms with E-state index in [9.17, 15) is 10.2 Å². The third-order valence-electron chi connectivity index (χ3n) is 12.1. The van der Waals surface area contributed by atoms with Crippen molar-refractivity contribution in [3.05, 3.63) is 94.1 Å². The molecular weight excluding hydrogens is 617 g/mol. The second-order valence-corrected chi connectivity index (χ2v) is 17.9. The van der Waals surface area contributed by atoms with Gasteiger partial charge in [-0.3, -0.25) is 0 Å². The number of aryl methyl sites for hydroxylation is 2. The van der Waals surface area contributed by atoms with Crippen LogP contribution in [0.3, 0.4) is 0 Å². The zero-order valence-corrected chi connectivity index (χ0v) is 32.7. The van der Waals surface area contributed by atoms with Crippen LogP contribution in [-0.2, 0) is 12.8 Å². The van der Waals surface area contributed by atoms with Crippen molar-refractivity contribution >= 4 is 0 Å². The van der Waals surface area contributed by atoms with Crippen molar-refractivity contribution in [2.24, 2.45) is 22.7 Å². The van der Waals surface area contributed by atoms with Crippen molar-refractivity contribution in [3.63, 3.8) is 0 Å². The molecule has 4 aliphatic rings. The van der Waals surface area contributed by atoms with Crippen LogP contribution >= 0.6 is 0 Å². The Kier molecular flexibility index (Phi) is 11.1. The van der Waals surface area contributed by atoms with Crippen LogP contribution in [0.4, 0.5) is 0 Å². The number of aromatic hydroxyl groups is 2. The molecule has 6 rings (SSSR count). The van der Waals surface area contributed by atoms with Gasteiger partial charge >= 0.3 is 0 Å². The van der Waals surface area contributed by atoms with Gasteiger partial charge in [0.1, 0.15) is 34.2 Å². The summed E-state index contributed by atoms with van der Waals surface area (Å²) in [4.78, 5) is 0. The SMILES string of the molecule is C/C1=C\CC(C)(C)/C=C/C[C@@]2(C)Oc3cc(O)cc(C)c3C[C@@H]2CC1.C/C1=C\CC(C)(C)/C=C/C[C@@]2(C)Oc3cc(O)cc(C)c3C[C@@H]2CC1. The maximum Gasteiger partial charge on any atom is 0.127 e. The number of ether oxygens (including phenoxy) is 2. The highest BCUT2D eigenvalue weighted by Crippen LogP contribution is 2.46. The zero-order valence-electron chi connectivity index (χ0n) is 32.7. The van der Waals surface area contributed by atoms with Gasteiger partial charge < -0.3 is 19.7 Å². The Morgan fingerprint density at radius 2 is 0.940 bits per heavy atom. The Morgan fingerprint density at radius 1 is 0.560 bits per heavy atom. The molecule has 2 aliphatic carbocycles. The van der Waals surface area contributed by atoms with Crippen molar-refractivity contribution in [2.75, 3.05) is 0 Å². The first-order valence-corrected chi connectivity index (χ1v) is 19.1. The maximum atomic E-state index is 9.97. The number of fused-ring (bicyclic) bond motifs is 4. The molecule has 4 heteroatoms. The first kappa shape index (κ1) is 37.8. The van der Waals surface area contributed by atoms with Crippen molar-refractivity contribution in [2.45, 2.75) is 145 Å². The van der Waals surface area contributed by atoms with Crippen molar-refractivity contribution in [3.8, 4) is 23.0 Å². The van der Waals surface area contributed by atoms with Gasteiger partial charge in [-0.05, 0) is 138 Å². The average molecular weight is 681 g/mol. The van der Waals surface area contributed by atoms with Gasteiger partial charge in [0, 0.05) is 36.8 Å². The summed E-state index contributed by atoms with van der Waals surface area (Å²) in [6.07, 6.45) is 24.7. The maximum absolute atomic E-state index is 9.97. The van der Waals surface area contributed by atoms with Crippen LogP contribution in [0.2, 0.25) is 0 Å². The quantitative estimate of drug-likeness (QED) is 0.272. The van der Waals surface area contributed by atoms with Gasteiger partial charge in [-0.15, -0.1) is 0 Å². The highest BCUT2D eigenvalue weighted by Gasteiger charge is 2.42. The van der Waals surface area contributed by atoms with E-state index >= 15 is 0 Å². The van der Waals surface area contributed by atoms with Crippen LogP contribution in [0.5, 0.6) is 23.0 Å². The molecule has 2 N–H and O–H groups in total. The number of benzene rings is 2. The van der Waals surface area contributed by atoms with Gasteiger partial charge in [0.25, 0.3) is 0 Å².